The molecule has 0 fully saturated rings. The van der Waals surface area contributed by atoms with Gasteiger partial charge in [0.2, 0.25) is 0 Å². The first kappa shape index (κ1) is 11.2. The minimum Gasteiger partial charge on any atom is -0.0616 e. The summed E-state index contributed by atoms with van der Waals surface area (Å²) in [5, 5.41) is 5.25. The molecular weight excluding hydrogens is 341 g/mol. The van der Waals surface area contributed by atoms with Gasteiger partial charge in [0.25, 0.3) is 0 Å². The zero-order valence-corrected chi connectivity index (χ0v) is 9.76. The maximum Gasteiger partial charge on any atom is 0 e. The molecular formula is C14H10Yb. The molecule has 3 aromatic carbocycles. The van der Waals surface area contributed by atoms with Gasteiger partial charge in [-0.2, -0.15) is 0 Å². The smallest absolute Gasteiger partial charge is 0 e. The van der Waals surface area contributed by atoms with Gasteiger partial charge in [-0.05, 0) is 33.7 Å². The van der Waals surface area contributed by atoms with Crippen LogP contribution in [0.2, 0.25) is 0 Å². The van der Waals surface area contributed by atoms with Crippen LogP contribution in [0, 0.1) is 46.9 Å². The molecule has 0 atom stereocenters. The molecule has 0 nitrogen and oxygen atoms in total. The molecule has 0 heterocycles. The van der Waals surface area contributed by atoms with Crippen LogP contribution in [0.5, 0.6) is 0 Å². The normalized spacial score (nSPS) is 10.1. The Hall–Kier alpha value is -0.301. The van der Waals surface area contributed by atoms with Crippen LogP contribution in [0.1, 0.15) is 0 Å². The van der Waals surface area contributed by atoms with Crippen LogP contribution >= 0.6 is 0 Å². The molecule has 0 saturated carbocycles. The Kier molecular flexibility index (Phi) is 3.50. The molecule has 15 heavy (non-hydrogen) atoms. The summed E-state index contributed by atoms with van der Waals surface area (Å²) in [5.74, 6) is 0. The zero-order chi connectivity index (χ0) is 9.38. The topological polar surface area (TPSA) is 0 Å². The van der Waals surface area contributed by atoms with Gasteiger partial charge in [-0.3, -0.25) is 0 Å². The number of hydrogen-bond acceptors (Lipinski definition) is 0. The summed E-state index contributed by atoms with van der Waals surface area (Å²) in [7, 11) is 0. The largest absolute Gasteiger partial charge is 0.0616 e. The van der Waals surface area contributed by atoms with E-state index in [1.165, 1.54) is 21.5 Å². The third kappa shape index (κ3) is 2.13. The molecule has 0 unspecified atom stereocenters. The first-order chi connectivity index (χ1) is 6.93. The summed E-state index contributed by atoms with van der Waals surface area (Å²) >= 11 is 0. The summed E-state index contributed by atoms with van der Waals surface area (Å²) in [5.41, 5.74) is 0. The van der Waals surface area contributed by atoms with E-state index < -0.39 is 0 Å². The number of hydrogen-bond donors (Lipinski definition) is 0. The van der Waals surface area contributed by atoms with Crippen LogP contribution in [-0.2, 0) is 0 Å². The van der Waals surface area contributed by atoms with Crippen molar-refractivity contribution in [1.29, 1.82) is 0 Å². The first-order valence-electron chi connectivity index (χ1n) is 4.81. The van der Waals surface area contributed by atoms with E-state index >= 15 is 0 Å². The molecule has 0 spiro atoms. The standard InChI is InChI=1S/C14H10.Yb/c1-2-6-12-10-14-8-4-3-7-13(14)9-11(12)5-1;/h1-10H;. The molecule has 0 N–H and O–H groups in total. The van der Waals surface area contributed by atoms with Crippen molar-refractivity contribution in [3.05, 3.63) is 60.7 Å². The molecule has 0 aliphatic heterocycles. The van der Waals surface area contributed by atoms with Gasteiger partial charge in [-0.1, -0.05) is 48.5 Å². The van der Waals surface area contributed by atoms with E-state index in [-0.39, 0.29) is 46.9 Å². The molecule has 1 heteroatoms. The second-order valence-corrected chi connectivity index (χ2v) is 3.55. The van der Waals surface area contributed by atoms with Gasteiger partial charge in [0.05, 0.1) is 0 Å². The summed E-state index contributed by atoms with van der Waals surface area (Å²) in [6.07, 6.45) is 0. The summed E-state index contributed by atoms with van der Waals surface area (Å²) in [6, 6.07) is 21.4. The van der Waals surface area contributed by atoms with Crippen molar-refractivity contribution in [3.8, 4) is 0 Å². The molecule has 3 rings (SSSR count). The van der Waals surface area contributed by atoms with Crippen molar-refractivity contribution < 1.29 is 46.9 Å². The maximum atomic E-state index is 2.24. The van der Waals surface area contributed by atoms with E-state index in [4.69, 9.17) is 0 Å². The first-order valence-corrected chi connectivity index (χ1v) is 4.81. The van der Waals surface area contributed by atoms with Crippen LogP contribution in [-0.4, -0.2) is 0 Å². The third-order valence-electron chi connectivity index (χ3n) is 2.61. The van der Waals surface area contributed by atoms with Gasteiger partial charge < -0.3 is 0 Å². The average molecular weight is 351 g/mol. The van der Waals surface area contributed by atoms with E-state index in [1.807, 2.05) is 0 Å². The Balaban J connectivity index is 0.000000853. The van der Waals surface area contributed by atoms with Gasteiger partial charge in [-0.15, -0.1) is 0 Å². The SMILES string of the molecule is [Yb].c1ccc2cc3ccccc3cc2c1. The van der Waals surface area contributed by atoms with Gasteiger partial charge in [0.1, 0.15) is 0 Å². The van der Waals surface area contributed by atoms with Crippen LogP contribution in [0.3, 0.4) is 0 Å². The summed E-state index contributed by atoms with van der Waals surface area (Å²) in [6.45, 7) is 0. The molecule has 80 valence electrons. The Morgan fingerprint density at radius 3 is 1.00 bits per heavy atom. The predicted octanol–water partition coefficient (Wildman–Crippen LogP) is 3.99. The van der Waals surface area contributed by atoms with Crippen molar-refractivity contribution >= 4 is 21.5 Å². The summed E-state index contributed by atoms with van der Waals surface area (Å²) in [4.78, 5) is 0. The molecule has 3 aromatic rings. The van der Waals surface area contributed by atoms with Crippen LogP contribution < -0.4 is 0 Å². The predicted molar refractivity (Wildman–Crippen MR) is 61.5 cm³/mol. The van der Waals surface area contributed by atoms with E-state index in [0.29, 0.717) is 0 Å². The molecule has 0 bridgehead atoms. The number of fused-ring (bicyclic) bond motifs is 2. The minimum absolute atomic E-state index is 0. The minimum atomic E-state index is 0. The molecule has 0 aliphatic carbocycles. The zero-order valence-electron chi connectivity index (χ0n) is 8.04. The van der Waals surface area contributed by atoms with E-state index in [0.717, 1.165) is 0 Å². The Morgan fingerprint density at radius 1 is 0.467 bits per heavy atom. The van der Waals surface area contributed by atoms with E-state index in [1.54, 1.807) is 0 Å². The fourth-order valence-electron chi connectivity index (χ4n) is 1.88. The van der Waals surface area contributed by atoms with E-state index in [2.05, 4.69) is 60.7 Å². The monoisotopic (exact) mass is 352 g/mol. The third-order valence-corrected chi connectivity index (χ3v) is 2.61. The Labute approximate surface area is 128 Å². The van der Waals surface area contributed by atoms with Gasteiger partial charge in [0, 0.05) is 46.9 Å². The summed E-state index contributed by atoms with van der Waals surface area (Å²) < 4.78 is 0. The molecule has 0 aliphatic rings. The van der Waals surface area contributed by atoms with Crippen LogP contribution in [0.15, 0.2) is 60.7 Å². The second-order valence-electron chi connectivity index (χ2n) is 3.55. The molecule has 0 saturated heterocycles. The van der Waals surface area contributed by atoms with Gasteiger partial charge >= 0.3 is 0 Å². The Bertz CT molecular complexity index is 494. The van der Waals surface area contributed by atoms with Gasteiger partial charge in [0.15, 0.2) is 0 Å². The second kappa shape index (κ2) is 4.69. The van der Waals surface area contributed by atoms with Crippen LogP contribution in [0.4, 0.5) is 0 Å². The fraction of sp³-hybridized carbons (Fsp3) is 0. The number of rotatable bonds is 0. The maximum absolute atomic E-state index is 2.24. The fourth-order valence-corrected chi connectivity index (χ4v) is 1.88. The van der Waals surface area contributed by atoms with Crippen molar-refractivity contribution in [2.45, 2.75) is 0 Å². The van der Waals surface area contributed by atoms with Crippen LogP contribution in [0.25, 0.3) is 21.5 Å². The van der Waals surface area contributed by atoms with Gasteiger partial charge in [-0.25, -0.2) is 0 Å². The Morgan fingerprint density at radius 2 is 0.733 bits per heavy atom. The van der Waals surface area contributed by atoms with E-state index in [9.17, 15) is 0 Å². The van der Waals surface area contributed by atoms with Crippen molar-refractivity contribution in [3.63, 3.8) is 0 Å². The molecule has 0 aromatic heterocycles. The average Bonchev–Trinajstić information content (AvgIpc) is 2.26. The van der Waals surface area contributed by atoms with Crippen molar-refractivity contribution in [2.75, 3.05) is 0 Å². The number of benzene rings is 3. The van der Waals surface area contributed by atoms with Crippen molar-refractivity contribution in [2.24, 2.45) is 0 Å². The molecule has 0 amide bonds. The quantitative estimate of drug-likeness (QED) is 0.537. The van der Waals surface area contributed by atoms with Crippen molar-refractivity contribution in [1.82, 2.24) is 0 Å². The molecule has 0 radical (unpaired) electrons.